The van der Waals surface area contributed by atoms with E-state index in [2.05, 4.69) is 16.0 Å². The zero-order valence-corrected chi connectivity index (χ0v) is 8.98. The molecule has 1 unspecified atom stereocenters. The lowest BCUT2D eigenvalue weighted by molar-refractivity contribution is 0.469. The molecular formula is C13H14N2O. The van der Waals surface area contributed by atoms with E-state index in [-0.39, 0.29) is 0 Å². The number of rotatable bonds is 2. The summed E-state index contributed by atoms with van der Waals surface area (Å²) in [6.45, 7) is 0. The van der Waals surface area contributed by atoms with Gasteiger partial charge in [-0.05, 0) is 42.4 Å². The molecule has 0 fully saturated rings. The maximum absolute atomic E-state index is 9.76. The van der Waals surface area contributed by atoms with Crippen LogP contribution in [0.25, 0.3) is 0 Å². The monoisotopic (exact) mass is 214 g/mol. The zero-order valence-electron chi connectivity index (χ0n) is 8.98. The summed E-state index contributed by atoms with van der Waals surface area (Å²) in [6, 6.07) is 5.83. The Morgan fingerprint density at radius 1 is 1.44 bits per heavy atom. The van der Waals surface area contributed by atoms with E-state index >= 15 is 0 Å². The van der Waals surface area contributed by atoms with Crippen LogP contribution >= 0.6 is 0 Å². The Balaban J connectivity index is 1.89. The lowest BCUT2D eigenvalue weighted by Gasteiger charge is -2.10. The average Bonchev–Trinajstić information content (AvgIpc) is 2.90. The predicted octanol–water partition coefficient (Wildman–Crippen LogP) is 2.39. The van der Waals surface area contributed by atoms with Gasteiger partial charge in [0.1, 0.15) is 5.75 Å². The van der Waals surface area contributed by atoms with Gasteiger partial charge in [-0.1, -0.05) is 12.1 Å². The molecule has 3 rings (SSSR count). The molecule has 1 aromatic carbocycles. The van der Waals surface area contributed by atoms with Crippen LogP contribution in [0.3, 0.4) is 0 Å². The number of aromatic amines is 1. The van der Waals surface area contributed by atoms with E-state index in [4.69, 9.17) is 0 Å². The highest BCUT2D eigenvalue weighted by Crippen LogP contribution is 2.39. The van der Waals surface area contributed by atoms with Gasteiger partial charge in [0, 0.05) is 11.9 Å². The molecule has 82 valence electrons. The van der Waals surface area contributed by atoms with Crippen LogP contribution in [0.15, 0.2) is 30.7 Å². The van der Waals surface area contributed by atoms with Crippen molar-refractivity contribution in [3.8, 4) is 5.75 Å². The minimum absolute atomic E-state index is 0.449. The number of aromatic nitrogens is 2. The fourth-order valence-electron chi connectivity index (χ4n) is 2.59. The molecule has 0 aliphatic heterocycles. The molecule has 0 saturated heterocycles. The molecule has 16 heavy (non-hydrogen) atoms. The van der Waals surface area contributed by atoms with Crippen molar-refractivity contribution >= 4 is 0 Å². The van der Waals surface area contributed by atoms with Gasteiger partial charge in [-0.15, -0.1) is 0 Å². The second-order valence-electron chi connectivity index (χ2n) is 4.36. The Hall–Kier alpha value is -1.77. The highest BCUT2D eigenvalue weighted by Gasteiger charge is 2.24. The Morgan fingerprint density at radius 3 is 3.19 bits per heavy atom. The molecule has 0 spiro atoms. The molecular weight excluding hydrogens is 200 g/mol. The topological polar surface area (TPSA) is 48.9 Å². The minimum atomic E-state index is 0.449. The van der Waals surface area contributed by atoms with Crippen LogP contribution in [0.4, 0.5) is 0 Å². The average molecular weight is 214 g/mol. The molecule has 2 aromatic rings. The molecule has 3 nitrogen and oxygen atoms in total. The van der Waals surface area contributed by atoms with Crippen molar-refractivity contribution in [2.75, 3.05) is 0 Å². The SMILES string of the molecule is Oc1cccc2c1CCC2Cc1cnc[nH]1. The van der Waals surface area contributed by atoms with Crippen molar-refractivity contribution in [1.82, 2.24) is 9.97 Å². The first-order valence-electron chi connectivity index (χ1n) is 5.62. The number of hydrogen-bond acceptors (Lipinski definition) is 2. The number of nitrogens with one attached hydrogen (secondary N) is 1. The number of nitrogens with zero attached hydrogens (tertiary/aromatic N) is 1. The Bertz CT molecular complexity index is 491. The number of hydrogen-bond donors (Lipinski definition) is 2. The first-order chi connectivity index (χ1) is 7.84. The minimum Gasteiger partial charge on any atom is -0.508 e. The van der Waals surface area contributed by atoms with Crippen LogP contribution in [0.5, 0.6) is 5.75 Å². The van der Waals surface area contributed by atoms with Gasteiger partial charge < -0.3 is 10.1 Å². The summed E-state index contributed by atoms with van der Waals surface area (Å²) >= 11 is 0. The van der Waals surface area contributed by atoms with Crippen LogP contribution in [0, 0.1) is 0 Å². The quantitative estimate of drug-likeness (QED) is 0.806. The summed E-state index contributed by atoms with van der Waals surface area (Å²) in [5.74, 6) is 0.965. The zero-order chi connectivity index (χ0) is 11.0. The van der Waals surface area contributed by atoms with Gasteiger partial charge in [-0.2, -0.15) is 0 Å². The molecule has 1 aliphatic rings. The molecule has 0 saturated carbocycles. The third-order valence-corrected chi connectivity index (χ3v) is 3.39. The van der Waals surface area contributed by atoms with E-state index < -0.39 is 0 Å². The lowest BCUT2D eigenvalue weighted by Crippen LogP contribution is -1.98. The van der Waals surface area contributed by atoms with Gasteiger partial charge in [0.2, 0.25) is 0 Å². The molecule has 0 amide bonds. The fraction of sp³-hybridized carbons (Fsp3) is 0.308. The highest BCUT2D eigenvalue weighted by atomic mass is 16.3. The molecule has 1 atom stereocenters. The summed E-state index contributed by atoms with van der Waals surface area (Å²) in [6.07, 6.45) is 6.68. The molecule has 0 bridgehead atoms. The van der Waals surface area contributed by atoms with Gasteiger partial charge in [0.25, 0.3) is 0 Å². The van der Waals surface area contributed by atoms with E-state index in [0.29, 0.717) is 11.7 Å². The summed E-state index contributed by atoms with van der Waals surface area (Å²) in [4.78, 5) is 7.17. The summed E-state index contributed by atoms with van der Waals surface area (Å²) in [5.41, 5.74) is 3.60. The largest absolute Gasteiger partial charge is 0.508 e. The number of imidazole rings is 1. The second kappa shape index (κ2) is 3.67. The van der Waals surface area contributed by atoms with Crippen LogP contribution in [-0.4, -0.2) is 15.1 Å². The third-order valence-electron chi connectivity index (χ3n) is 3.39. The third kappa shape index (κ3) is 1.48. The van der Waals surface area contributed by atoms with Crippen molar-refractivity contribution in [2.24, 2.45) is 0 Å². The first kappa shape index (κ1) is 9.46. The molecule has 1 aromatic heterocycles. The number of H-pyrrole nitrogens is 1. The molecule has 1 aliphatic carbocycles. The maximum Gasteiger partial charge on any atom is 0.119 e. The van der Waals surface area contributed by atoms with Crippen LogP contribution in [0.1, 0.15) is 29.2 Å². The van der Waals surface area contributed by atoms with Gasteiger partial charge in [-0.3, -0.25) is 0 Å². The summed E-state index contributed by atoms with van der Waals surface area (Å²) < 4.78 is 0. The van der Waals surface area contributed by atoms with Crippen molar-refractivity contribution in [1.29, 1.82) is 0 Å². The van der Waals surface area contributed by atoms with Crippen molar-refractivity contribution in [2.45, 2.75) is 25.2 Å². The highest BCUT2D eigenvalue weighted by molar-refractivity contribution is 5.44. The Kier molecular flexibility index (Phi) is 2.17. The predicted molar refractivity (Wildman–Crippen MR) is 61.5 cm³/mol. The summed E-state index contributed by atoms with van der Waals surface area (Å²) in [7, 11) is 0. The van der Waals surface area contributed by atoms with E-state index in [1.165, 1.54) is 11.3 Å². The second-order valence-corrected chi connectivity index (χ2v) is 4.36. The normalized spacial score (nSPS) is 18.6. The van der Waals surface area contributed by atoms with Gasteiger partial charge in [0.05, 0.1) is 6.33 Å². The van der Waals surface area contributed by atoms with Gasteiger partial charge in [0.15, 0.2) is 0 Å². The van der Waals surface area contributed by atoms with Crippen LogP contribution < -0.4 is 0 Å². The van der Waals surface area contributed by atoms with E-state index in [1.807, 2.05) is 12.3 Å². The summed E-state index contributed by atoms with van der Waals surface area (Å²) in [5, 5.41) is 9.76. The lowest BCUT2D eigenvalue weighted by atomic mass is 9.96. The molecule has 2 N–H and O–H groups in total. The fourth-order valence-corrected chi connectivity index (χ4v) is 2.59. The standard InChI is InChI=1S/C13H14N2O/c16-13-3-1-2-11-9(4-5-12(11)13)6-10-7-14-8-15-10/h1-3,7-9,16H,4-6H2,(H,14,15). The van der Waals surface area contributed by atoms with Crippen molar-refractivity contribution < 1.29 is 5.11 Å². The maximum atomic E-state index is 9.76. The molecule has 0 radical (unpaired) electrons. The number of benzene rings is 1. The van der Waals surface area contributed by atoms with Gasteiger partial charge in [-0.25, -0.2) is 4.98 Å². The Labute approximate surface area is 94.2 Å². The van der Waals surface area contributed by atoms with E-state index in [0.717, 1.165) is 24.8 Å². The van der Waals surface area contributed by atoms with Crippen LogP contribution in [0.2, 0.25) is 0 Å². The van der Waals surface area contributed by atoms with Crippen LogP contribution in [-0.2, 0) is 12.8 Å². The smallest absolute Gasteiger partial charge is 0.119 e. The number of phenols is 1. The molecule has 1 heterocycles. The first-order valence-corrected chi connectivity index (χ1v) is 5.62. The number of aromatic hydroxyl groups is 1. The van der Waals surface area contributed by atoms with Crippen molar-refractivity contribution in [3.05, 3.63) is 47.5 Å². The Morgan fingerprint density at radius 2 is 2.38 bits per heavy atom. The van der Waals surface area contributed by atoms with Crippen molar-refractivity contribution in [3.63, 3.8) is 0 Å². The van der Waals surface area contributed by atoms with E-state index in [9.17, 15) is 5.11 Å². The number of phenolic OH excluding ortho intramolecular Hbond substituents is 1. The van der Waals surface area contributed by atoms with E-state index in [1.54, 1.807) is 12.4 Å². The number of fused-ring (bicyclic) bond motifs is 1. The van der Waals surface area contributed by atoms with Gasteiger partial charge >= 0.3 is 0 Å². The molecule has 3 heteroatoms.